The largest absolute Gasteiger partial charge is 0.360 e. The highest BCUT2D eigenvalue weighted by atomic mass is 16.2. The Balaban J connectivity index is 1.64. The molecular weight excluding hydrogens is 242 g/mol. The van der Waals surface area contributed by atoms with E-state index in [2.05, 4.69) is 15.6 Å². The summed E-state index contributed by atoms with van der Waals surface area (Å²) in [6.07, 6.45) is 3.75. The van der Waals surface area contributed by atoms with Crippen molar-refractivity contribution in [3.63, 3.8) is 0 Å². The molecule has 2 amide bonds. The molecule has 0 saturated heterocycles. The van der Waals surface area contributed by atoms with Crippen molar-refractivity contribution in [2.75, 3.05) is 6.54 Å². The third-order valence-electron chi connectivity index (χ3n) is 3.19. The number of rotatable bonds is 4. The SMILES string of the molecule is O=C(CNC(=O)c1c[nH]c2ccccc12)NC1CC1. The summed E-state index contributed by atoms with van der Waals surface area (Å²) in [6, 6.07) is 7.89. The van der Waals surface area contributed by atoms with Crippen LogP contribution in [0.3, 0.4) is 0 Å². The molecule has 1 saturated carbocycles. The number of para-hydroxylation sites is 1. The number of fused-ring (bicyclic) bond motifs is 1. The predicted octanol–water partition coefficient (Wildman–Crippen LogP) is 1.18. The number of carbonyl (C=O) groups is 2. The van der Waals surface area contributed by atoms with Gasteiger partial charge in [0.2, 0.25) is 5.91 Å². The van der Waals surface area contributed by atoms with Crippen LogP contribution in [0, 0.1) is 0 Å². The summed E-state index contributed by atoms with van der Waals surface area (Å²) in [6.45, 7) is 0.0227. The smallest absolute Gasteiger partial charge is 0.253 e. The highest BCUT2D eigenvalue weighted by Crippen LogP contribution is 2.18. The van der Waals surface area contributed by atoms with E-state index in [1.54, 1.807) is 6.20 Å². The van der Waals surface area contributed by atoms with Crippen LogP contribution in [0.15, 0.2) is 30.5 Å². The lowest BCUT2D eigenvalue weighted by atomic mass is 10.1. The number of amides is 2. The third kappa shape index (κ3) is 2.59. The fourth-order valence-corrected chi connectivity index (χ4v) is 2.02. The van der Waals surface area contributed by atoms with E-state index in [-0.39, 0.29) is 18.4 Å². The Labute approximate surface area is 110 Å². The molecule has 0 unspecified atom stereocenters. The number of benzene rings is 1. The fraction of sp³-hybridized carbons (Fsp3) is 0.286. The molecule has 1 aliphatic rings. The minimum absolute atomic E-state index is 0.0227. The topological polar surface area (TPSA) is 74.0 Å². The molecule has 0 radical (unpaired) electrons. The normalized spacial score (nSPS) is 14.3. The summed E-state index contributed by atoms with van der Waals surface area (Å²) in [5.41, 5.74) is 1.48. The van der Waals surface area contributed by atoms with Gasteiger partial charge in [-0.05, 0) is 18.9 Å². The third-order valence-corrected chi connectivity index (χ3v) is 3.19. The summed E-state index contributed by atoms with van der Waals surface area (Å²) in [7, 11) is 0. The number of hydrogen-bond donors (Lipinski definition) is 3. The van der Waals surface area contributed by atoms with Gasteiger partial charge in [-0.25, -0.2) is 0 Å². The van der Waals surface area contributed by atoms with Crippen LogP contribution < -0.4 is 10.6 Å². The maximum Gasteiger partial charge on any atom is 0.253 e. The van der Waals surface area contributed by atoms with Crippen LogP contribution in [0.1, 0.15) is 23.2 Å². The molecule has 5 heteroatoms. The molecule has 5 nitrogen and oxygen atoms in total. The molecule has 3 N–H and O–H groups in total. The molecule has 0 spiro atoms. The average Bonchev–Trinajstić information content (AvgIpc) is 3.12. The highest BCUT2D eigenvalue weighted by molar-refractivity contribution is 6.07. The Morgan fingerprint density at radius 3 is 2.84 bits per heavy atom. The molecule has 19 heavy (non-hydrogen) atoms. The van der Waals surface area contributed by atoms with E-state index in [1.807, 2.05) is 24.3 Å². The van der Waals surface area contributed by atoms with Gasteiger partial charge in [0.15, 0.2) is 0 Å². The van der Waals surface area contributed by atoms with Gasteiger partial charge >= 0.3 is 0 Å². The van der Waals surface area contributed by atoms with E-state index in [9.17, 15) is 9.59 Å². The molecule has 0 aliphatic heterocycles. The molecule has 1 aromatic carbocycles. The van der Waals surface area contributed by atoms with Gasteiger partial charge in [0.1, 0.15) is 0 Å². The molecule has 1 heterocycles. The summed E-state index contributed by atoms with van der Waals surface area (Å²) < 4.78 is 0. The molecule has 0 atom stereocenters. The fourth-order valence-electron chi connectivity index (χ4n) is 2.02. The van der Waals surface area contributed by atoms with Gasteiger partial charge in [-0.3, -0.25) is 9.59 Å². The molecule has 2 aromatic rings. The zero-order chi connectivity index (χ0) is 13.2. The monoisotopic (exact) mass is 257 g/mol. The summed E-state index contributed by atoms with van der Waals surface area (Å²) >= 11 is 0. The molecule has 0 bridgehead atoms. The second-order valence-electron chi connectivity index (χ2n) is 4.77. The van der Waals surface area contributed by atoms with Gasteiger partial charge < -0.3 is 15.6 Å². The highest BCUT2D eigenvalue weighted by Gasteiger charge is 2.23. The van der Waals surface area contributed by atoms with Crippen LogP contribution in [0.25, 0.3) is 10.9 Å². The average molecular weight is 257 g/mol. The van der Waals surface area contributed by atoms with Gasteiger partial charge in [-0.1, -0.05) is 18.2 Å². The van der Waals surface area contributed by atoms with E-state index in [0.717, 1.165) is 23.7 Å². The van der Waals surface area contributed by atoms with E-state index >= 15 is 0 Å². The van der Waals surface area contributed by atoms with Crippen LogP contribution in [0.4, 0.5) is 0 Å². The maximum atomic E-state index is 12.0. The molecule has 98 valence electrons. The first kappa shape index (κ1) is 11.8. The Hall–Kier alpha value is -2.30. The van der Waals surface area contributed by atoms with Crippen molar-refractivity contribution in [1.82, 2.24) is 15.6 Å². The molecule has 1 aliphatic carbocycles. The van der Waals surface area contributed by atoms with Gasteiger partial charge in [-0.2, -0.15) is 0 Å². The standard InChI is InChI=1S/C14H15N3O2/c18-13(17-9-5-6-9)8-16-14(19)11-7-15-12-4-2-1-3-10(11)12/h1-4,7,9,15H,5-6,8H2,(H,16,19)(H,17,18). The zero-order valence-electron chi connectivity index (χ0n) is 10.4. The van der Waals surface area contributed by atoms with Gasteiger partial charge in [0.05, 0.1) is 12.1 Å². The van der Waals surface area contributed by atoms with Crippen LogP contribution in [0.5, 0.6) is 0 Å². The summed E-state index contributed by atoms with van der Waals surface area (Å²) in [4.78, 5) is 26.5. The number of aromatic amines is 1. The molecule has 1 aromatic heterocycles. The van der Waals surface area contributed by atoms with Crippen LogP contribution in [-0.2, 0) is 4.79 Å². The number of H-pyrrole nitrogens is 1. The zero-order valence-corrected chi connectivity index (χ0v) is 10.4. The lowest BCUT2D eigenvalue weighted by Gasteiger charge is -2.05. The van der Waals surface area contributed by atoms with E-state index in [1.165, 1.54) is 0 Å². The summed E-state index contributed by atoms with van der Waals surface area (Å²) in [5.74, 6) is -0.362. The quantitative estimate of drug-likeness (QED) is 0.769. The van der Waals surface area contributed by atoms with Crippen LogP contribution in [-0.4, -0.2) is 29.4 Å². The number of nitrogens with one attached hydrogen (secondary N) is 3. The van der Waals surface area contributed by atoms with Gasteiger partial charge in [0.25, 0.3) is 5.91 Å². The van der Waals surface area contributed by atoms with Gasteiger partial charge in [0, 0.05) is 23.1 Å². The minimum Gasteiger partial charge on any atom is -0.360 e. The Kier molecular flexibility index (Phi) is 2.95. The second-order valence-corrected chi connectivity index (χ2v) is 4.77. The number of aromatic nitrogens is 1. The van der Waals surface area contributed by atoms with Crippen molar-refractivity contribution in [3.8, 4) is 0 Å². The first-order valence-electron chi connectivity index (χ1n) is 6.38. The van der Waals surface area contributed by atoms with Crippen molar-refractivity contribution in [1.29, 1.82) is 0 Å². The van der Waals surface area contributed by atoms with Crippen molar-refractivity contribution in [2.24, 2.45) is 0 Å². The maximum absolute atomic E-state index is 12.0. The van der Waals surface area contributed by atoms with Crippen molar-refractivity contribution >= 4 is 22.7 Å². The summed E-state index contributed by atoms with van der Waals surface area (Å²) in [5, 5.41) is 6.33. The van der Waals surface area contributed by atoms with Crippen molar-refractivity contribution in [3.05, 3.63) is 36.0 Å². The first-order valence-corrected chi connectivity index (χ1v) is 6.38. The molecular formula is C14H15N3O2. The second kappa shape index (κ2) is 4.76. The van der Waals surface area contributed by atoms with Crippen LogP contribution in [0.2, 0.25) is 0 Å². The number of hydrogen-bond acceptors (Lipinski definition) is 2. The van der Waals surface area contributed by atoms with Gasteiger partial charge in [-0.15, -0.1) is 0 Å². The minimum atomic E-state index is -0.233. The van der Waals surface area contributed by atoms with E-state index in [0.29, 0.717) is 11.6 Å². The van der Waals surface area contributed by atoms with Crippen molar-refractivity contribution < 1.29 is 9.59 Å². The van der Waals surface area contributed by atoms with Crippen molar-refractivity contribution in [2.45, 2.75) is 18.9 Å². The predicted molar refractivity (Wildman–Crippen MR) is 71.8 cm³/mol. The Bertz CT molecular complexity index is 628. The number of carbonyl (C=O) groups excluding carboxylic acids is 2. The van der Waals surface area contributed by atoms with Crippen LogP contribution >= 0.6 is 0 Å². The van der Waals surface area contributed by atoms with E-state index in [4.69, 9.17) is 0 Å². The Morgan fingerprint density at radius 1 is 1.26 bits per heavy atom. The molecule has 3 rings (SSSR count). The lowest BCUT2D eigenvalue weighted by molar-refractivity contribution is -0.120. The first-order chi connectivity index (χ1) is 9.24. The van der Waals surface area contributed by atoms with E-state index < -0.39 is 0 Å². The lowest BCUT2D eigenvalue weighted by Crippen LogP contribution is -2.37. The Morgan fingerprint density at radius 2 is 2.05 bits per heavy atom. The molecule has 1 fully saturated rings.